The minimum atomic E-state index is -0.301. The number of ether oxygens (including phenoxy) is 3. The van der Waals surface area contributed by atoms with Gasteiger partial charge in [-0.2, -0.15) is 0 Å². The van der Waals surface area contributed by atoms with Crippen molar-refractivity contribution in [2.45, 2.75) is 89.8 Å². The molecule has 9 heteroatoms. The normalized spacial score (nSPS) is 16.3. The van der Waals surface area contributed by atoms with E-state index in [2.05, 4.69) is 17.8 Å². The predicted molar refractivity (Wildman–Crippen MR) is 112 cm³/mol. The van der Waals surface area contributed by atoms with E-state index in [1.807, 2.05) is 0 Å². The van der Waals surface area contributed by atoms with Crippen LogP contribution in [0.4, 0.5) is 0 Å². The van der Waals surface area contributed by atoms with Gasteiger partial charge in [-0.3, -0.25) is 19.8 Å². The standard InChI is InChI=1S/C21H39N3O6/c1-4-5-6-8-11-17(25)14-19(29-3)18(28-2)12-9-7-10-13-21(27)30-16-24-22-15-20(26)23-24/h18-19,22H,4-16H2,1-3H3,(H,23,26). The monoisotopic (exact) mass is 429 g/mol. The van der Waals surface area contributed by atoms with Crippen LogP contribution in [-0.2, 0) is 28.6 Å². The summed E-state index contributed by atoms with van der Waals surface area (Å²) in [5.41, 5.74) is 5.26. The van der Waals surface area contributed by atoms with Crippen molar-refractivity contribution in [2.75, 3.05) is 27.5 Å². The maximum absolute atomic E-state index is 12.2. The van der Waals surface area contributed by atoms with Gasteiger partial charge in [-0.05, 0) is 19.3 Å². The molecule has 174 valence electrons. The van der Waals surface area contributed by atoms with E-state index in [1.54, 1.807) is 14.2 Å². The second-order valence-electron chi connectivity index (χ2n) is 7.64. The quantitative estimate of drug-likeness (QED) is 0.252. The molecule has 0 aliphatic carbocycles. The number of ketones is 1. The molecule has 0 saturated carbocycles. The van der Waals surface area contributed by atoms with Gasteiger partial charge in [0, 0.05) is 33.5 Å². The van der Waals surface area contributed by atoms with Gasteiger partial charge in [0.25, 0.3) is 5.91 Å². The van der Waals surface area contributed by atoms with Crippen molar-refractivity contribution in [3.05, 3.63) is 0 Å². The lowest BCUT2D eigenvalue weighted by Crippen LogP contribution is -2.41. The summed E-state index contributed by atoms with van der Waals surface area (Å²) in [5.74, 6) is -0.234. The Morgan fingerprint density at radius 3 is 2.33 bits per heavy atom. The molecule has 0 aromatic heterocycles. The number of carbonyl (C=O) groups excluding carboxylic acids is 3. The number of Topliss-reactive ketones (excluding diaryl/α,β-unsaturated/α-hetero) is 1. The highest BCUT2D eigenvalue weighted by molar-refractivity contribution is 5.79. The van der Waals surface area contributed by atoms with Crippen LogP contribution in [0.5, 0.6) is 0 Å². The van der Waals surface area contributed by atoms with Crippen LogP contribution in [0.25, 0.3) is 0 Å². The maximum Gasteiger partial charge on any atom is 0.307 e. The van der Waals surface area contributed by atoms with Gasteiger partial charge in [-0.1, -0.05) is 39.0 Å². The largest absolute Gasteiger partial charge is 0.446 e. The van der Waals surface area contributed by atoms with Crippen LogP contribution >= 0.6 is 0 Å². The summed E-state index contributed by atoms with van der Waals surface area (Å²) in [6, 6.07) is 0. The van der Waals surface area contributed by atoms with Crippen LogP contribution in [0.2, 0.25) is 0 Å². The van der Waals surface area contributed by atoms with Gasteiger partial charge in [0.05, 0.1) is 18.8 Å². The van der Waals surface area contributed by atoms with Gasteiger partial charge >= 0.3 is 5.97 Å². The Hall–Kier alpha value is -1.55. The lowest BCUT2D eigenvalue weighted by atomic mass is 9.99. The molecule has 0 radical (unpaired) electrons. The fraction of sp³-hybridized carbons (Fsp3) is 0.857. The molecule has 1 aliphatic rings. The Labute approximate surface area is 180 Å². The third kappa shape index (κ3) is 11.6. The van der Waals surface area contributed by atoms with Crippen LogP contribution < -0.4 is 10.9 Å². The maximum atomic E-state index is 12.2. The zero-order valence-electron chi connectivity index (χ0n) is 18.7. The van der Waals surface area contributed by atoms with Gasteiger partial charge in [0.1, 0.15) is 5.78 Å². The molecular formula is C21H39N3O6. The number of nitrogens with one attached hydrogen (secondary N) is 2. The summed E-state index contributed by atoms with van der Waals surface area (Å²) in [6.45, 7) is 2.32. The summed E-state index contributed by atoms with van der Waals surface area (Å²) in [7, 11) is 3.26. The van der Waals surface area contributed by atoms with Gasteiger partial charge in [0.2, 0.25) is 0 Å². The van der Waals surface area contributed by atoms with E-state index in [9.17, 15) is 14.4 Å². The number of nitrogens with zero attached hydrogens (tertiary/aromatic N) is 1. The van der Waals surface area contributed by atoms with Crippen molar-refractivity contribution in [1.29, 1.82) is 0 Å². The lowest BCUT2D eigenvalue weighted by Gasteiger charge is -2.24. The van der Waals surface area contributed by atoms with Crippen LogP contribution in [-0.4, -0.2) is 62.5 Å². The molecule has 1 amide bonds. The highest BCUT2D eigenvalue weighted by Gasteiger charge is 2.23. The average molecular weight is 430 g/mol. The minimum absolute atomic E-state index is 0.0156. The Bertz CT molecular complexity index is 517. The molecule has 0 spiro atoms. The Morgan fingerprint density at radius 1 is 1.00 bits per heavy atom. The highest BCUT2D eigenvalue weighted by atomic mass is 16.6. The number of rotatable bonds is 18. The summed E-state index contributed by atoms with van der Waals surface area (Å²) in [6.07, 6.45) is 8.53. The molecule has 1 aliphatic heterocycles. The average Bonchev–Trinajstić information content (AvgIpc) is 3.16. The lowest BCUT2D eigenvalue weighted by molar-refractivity contribution is -0.152. The van der Waals surface area contributed by atoms with E-state index in [0.717, 1.165) is 38.5 Å². The van der Waals surface area contributed by atoms with E-state index >= 15 is 0 Å². The summed E-state index contributed by atoms with van der Waals surface area (Å²) in [5, 5.41) is 1.35. The van der Waals surface area contributed by atoms with Crippen molar-refractivity contribution >= 4 is 17.7 Å². The molecule has 2 atom stereocenters. The van der Waals surface area contributed by atoms with E-state index in [-0.39, 0.29) is 43.1 Å². The van der Waals surface area contributed by atoms with Gasteiger partial charge in [-0.25, -0.2) is 5.43 Å². The summed E-state index contributed by atoms with van der Waals surface area (Å²) in [4.78, 5) is 35.0. The number of carbonyl (C=O) groups is 3. The van der Waals surface area contributed by atoms with Crippen molar-refractivity contribution in [3.63, 3.8) is 0 Å². The number of unbranched alkanes of at least 4 members (excludes halogenated alkanes) is 5. The number of hydrogen-bond acceptors (Lipinski definition) is 8. The van der Waals surface area contributed by atoms with Crippen LogP contribution in [0.1, 0.15) is 77.6 Å². The zero-order chi connectivity index (χ0) is 22.2. The smallest absolute Gasteiger partial charge is 0.307 e. The second-order valence-corrected chi connectivity index (χ2v) is 7.64. The first-order valence-corrected chi connectivity index (χ1v) is 11.0. The van der Waals surface area contributed by atoms with Crippen molar-refractivity contribution in [2.24, 2.45) is 0 Å². The van der Waals surface area contributed by atoms with E-state index < -0.39 is 0 Å². The second kappa shape index (κ2) is 16.2. The summed E-state index contributed by atoms with van der Waals surface area (Å²) < 4.78 is 16.2. The third-order valence-corrected chi connectivity index (χ3v) is 5.17. The first-order valence-electron chi connectivity index (χ1n) is 11.0. The Morgan fingerprint density at radius 2 is 1.70 bits per heavy atom. The molecule has 1 heterocycles. The SMILES string of the molecule is CCCCCCC(=O)CC(OC)C(CCCCCC(=O)OCN1NCC(=O)N1)OC. The molecule has 1 rings (SSSR count). The molecule has 0 bridgehead atoms. The molecular weight excluding hydrogens is 390 g/mol. The Balaban J connectivity index is 2.16. The molecule has 30 heavy (non-hydrogen) atoms. The molecule has 9 nitrogen and oxygen atoms in total. The number of hydrazine groups is 2. The zero-order valence-corrected chi connectivity index (χ0v) is 18.7. The van der Waals surface area contributed by atoms with Crippen LogP contribution in [0.15, 0.2) is 0 Å². The molecule has 0 aromatic carbocycles. The predicted octanol–water partition coefficient (Wildman–Crippen LogP) is 2.25. The Kier molecular flexibility index (Phi) is 14.3. The van der Waals surface area contributed by atoms with Crippen LogP contribution in [0.3, 0.4) is 0 Å². The van der Waals surface area contributed by atoms with Gasteiger partial charge < -0.3 is 14.2 Å². The minimum Gasteiger partial charge on any atom is -0.446 e. The highest BCUT2D eigenvalue weighted by Crippen LogP contribution is 2.17. The molecule has 1 saturated heterocycles. The number of esters is 1. The first kappa shape index (κ1) is 26.5. The van der Waals surface area contributed by atoms with Crippen molar-refractivity contribution in [3.8, 4) is 0 Å². The topological polar surface area (TPSA) is 106 Å². The van der Waals surface area contributed by atoms with E-state index in [0.29, 0.717) is 25.7 Å². The summed E-state index contributed by atoms with van der Waals surface area (Å²) >= 11 is 0. The fourth-order valence-corrected chi connectivity index (χ4v) is 3.37. The van der Waals surface area contributed by atoms with Crippen molar-refractivity contribution in [1.82, 2.24) is 16.0 Å². The molecule has 2 unspecified atom stereocenters. The number of amides is 1. The van der Waals surface area contributed by atoms with E-state index in [1.165, 1.54) is 11.5 Å². The fourth-order valence-electron chi connectivity index (χ4n) is 3.37. The number of hydrogen-bond donors (Lipinski definition) is 2. The molecule has 0 aromatic rings. The van der Waals surface area contributed by atoms with Crippen molar-refractivity contribution < 1.29 is 28.6 Å². The first-order chi connectivity index (χ1) is 14.5. The van der Waals surface area contributed by atoms with Crippen LogP contribution in [0, 0.1) is 0 Å². The third-order valence-electron chi connectivity index (χ3n) is 5.17. The molecule has 1 fully saturated rings. The van der Waals surface area contributed by atoms with E-state index in [4.69, 9.17) is 14.2 Å². The number of methoxy groups -OCH3 is 2. The van der Waals surface area contributed by atoms with Gasteiger partial charge in [-0.15, -0.1) is 5.12 Å². The van der Waals surface area contributed by atoms with Gasteiger partial charge in [0.15, 0.2) is 6.73 Å². The molecule has 2 N–H and O–H groups in total.